The molecule has 3 rings (SSSR count). The van der Waals surface area contributed by atoms with Crippen LogP contribution in [0.5, 0.6) is 0 Å². The number of nitrogens with zero attached hydrogens (tertiary/aromatic N) is 5. The van der Waals surface area contributed by atoms with Gasteiger partial charge in [-0.05, 0) is 19.1 Å². The zero-order valence-electron chi connectivity index (χ0n) is 16.4. The number of carbonyl (C=O) groups is 1. The minimum Gasteiger partial charge on any atom is -0.345 e. The first-order valence-corrected chi connectivity index (χ1v) is 8.98. The highest BCUT2D eigenvalue weighted by Crippen LogP contribution is 2.33. The molecule has 1 aromatic carbocycles. The van der Waals surface area contributed by atoms with Gasteiger partial charge in [0.25, 0.3) is 5.91 Å². The summed E-state index contributed by atoms with van der Waals surface area (Å²) in [5.41, 5.74) is -0.558. The first kappa shape index (κ1) is 20.6. The number of rotatable bonds is 5. The Hall–Kier alpha value is -3.17. The van der Waals surface area contributed by atoms with E-state index >= 15 is 0 Å². The second kappa shape index (κ2) is 7.69. The van der Waals surface area contributed by atoms with E-state index in [1.807, 2.05) is 20.8 Å². The molecule has 0 aliphatic rings. The van der Waals surface area contributed by atoms with E-state index in [-0.39, 0.29) is 18.2 Å². The highest BCUT2D eigenvalue weighted by atomic mass is 19.4. The maximum Gasteiger partial charge on any atom is 0.434 e. The van der Waals surface area contributed by atoms with E-state index in [1.54, 1.807) is 23.7 Å². The van der Waals surface area contributed by atoms with Crippen LogP contribution in [-0.2, 0) is 19.8 Å². The van der Waals surface area contributed by atoms with E-state index in [2.05, 4.69) is 20.6 Å². The number of aryl methyl sites for hydroxylation is 1. The van der Waals surface area contributed by atoms with Gasteiger partial charge in [-0.1, -0.05) is 31.5 Å². The molecule has 2 heterocycles. The third-order valence-electron chi connectivity index (χ3n) is 4.48. The van der Waals surface area contributed by atoms with Gasteiger partial charge < -0.3 is 9.88 Å². The average Bonchev–Trinajstić information content (AvgIpc) is 3.24. The van der Waals surface area contributed by atoms with Crippen LogP contribution >= 0.6 is 0 Å². The van der Waals surface area contributed by atoms with Crippen molar-refractivity contribution >= 4 is 5.91 Å². The van der Waals surface area contributed by atoms with Crippen LogP contribution in [0.15, 0.2) is 30.5 Å². The molecular weight excluding hydrogens is 385 g/mol. The number of benzene rings is 1. The van der Waals surface area contributed by atoms with Crippen LogP contribution in [0.1, 0.15) is 53.0 Å². The molecule has 0 aliphatic heterocycles. The Labute approximate surface area is 165 Å². The number of alkyl halides is 3. The molecule has 0 radical (unpaired) electrons. The van der Waals surface area contributed by atoms with Gasteiger partial charge in [-0.3, -0.25) is 4.79 Å². The Morgan fingerprint density at radius 1 is 1.17 bits per heavy atom. The van der Waals surface area contributed by atoms with E-state index in [0.29, 0.717) is 5.82 Å². The van der Waals surface area contributed by atoms with Gasteiger partial charge in [0, 0.05) is 13.0 Å². The number of carbonyl (C=O) groups excluding carboxylic acids is 1. The Kier molecular flexibility index (Phi) is 5.45. The molecule has 10 heteroatoms. The second-order valence-corrected chi connectivity index (χ2v) is 7.02. The van der Waals surface area contributed by atoms with Crippen molar-refractivity contribution in [2.45, 2.75) is 39.4 Å². The lowest BCUT2D eigenvalue weighted by Gasteiger charge is -2.13. The molecule has 0 atom stereocenters. The summed E-state index contributed by atoms with van der Waals surface area (Å²) >= 11 is 0. The maximum absolute atomic E-state index is 13.7. The van der Waals surface area contributed by atoms with Crippen molar-refractivity contribution in [1.29, 1.82) is 0 Å². The Morgan fingerprint density at radius 2 is 1.83 bits per heavy atom. The molecule has 154 valence electrons. The second-order valence-electron chi connectivity index (χ2n) is 7.02. The molecule has 0 spiro atoms. The van der Waals surface area contributed by atoms with Crippen molar-refractivity contribution in [2.75, 3.05) is 0 Å². The fourth-order valence-corrected chi connectivity index (χ4v) is 2.96. The van der Waals surface area contributed by atoms with Gasteiger partial charge in [-0.2, -0.15) is 18.3 Å². The van der Waals surface area contributed by atoms with Crippen LogP contribution in [0.3, 0.4) is 0 Å². The zero-order valence-corrected chi connectivity index (χ0v) is 16.4. The predicted molar refractivity (Wildman–Crippen MR) is 99.6 cm³/mol. The SMILES string of the molecule is Cc1ccc(-n2ncc(C(=O)NCc3nnc(C(C)C)n3C)c2C(F)(F)F)cc1. The Morgan fingerprint density at radius 3 is 2.38 bits per heavy atom. The summed E-state index contributed by atoms with van der Waals surface area (Å²) in [6, 6.07) is 6.40. The first-order chi connectivity index (χ1) is 13.6. The topological polar surface area (TPSA) is 77.6 Å². The van der Waals surface area contributed by atoms with Gasteiger partial charge in [0.15, 0.2) is 11.5 Å². The number of amides is 1. The summed E-state index contributed by atoms with van der Waals surface area (Å²) in [5.74, 6) is 0.408. The third kappa shape index (κ3) is 4.15. The van der Waals surface area contributed by atoms with Gasteiger partial charge in [0.1, 0.15) is 5.82 Å². The third-order valence-corrected chi connectivity index (χ3v) is 4.48. The van der Waals surface area contributed by atoms with Crippen molar-refractivity contribution in [2.24, 2.45) is 7.05 Å². The normalized spacial score (nSPS) is 11.9. The average molecular weight is 406 g/mol. The summed E-state index contributed by atoms with van der Waals surface area (Å²) in [7, 11) is 1.74. The lowest BCUT2D eigenvalue weighted by atomic mass is 10.2. The van der Waals surface area contributed by atoms with Gasteiger partial charge in [0.2, 0.25) is 0 Å². The molecule has 0 saturated carbocycles. The number of hydrogen-bond acceptors (Lipinski definition) is 4. The highest BCUT2D eigenvalue weighted by molar-refractivity contribution is 5.95. The van der Waals surface area contributed by atoms with Crippen molar-refractivity contribution < 1.29 is 18.0 Å². The molecule has 3 aromatic rings. The first-order valence-electron chi connectivity index (χ1n) is 8.98. The maximum atomic E-state index is 13.7. The van der Waals surface area contributed by atoms with Crippen LogP contribution in [0.25, 0.3) is 5.69 Å². The molecule has 2 aromatic heterocycles. The van der Waals surface area contributed by atoms with Crippen LogP contribution in [0.2, 0.25) is 0 Å². The summed E-state index contributed by atoms with van der Waals surface area (Å²) in [5, 5.41) is 14.3. The minimum absolute atomic E-state index is 0.0535. The number of nitrogens with one attached hydrogen (secondary N) is 1. The molecule has 1 N–H and O–H groups in total. The summed E-state index contributed by atoms with van der Waals surface area (Å²) < 4.78 is 43.6. The Bertz CT molecular complexity index is 1020. The lowest BCUT2D eigenvalue weighted by Crippen LogP contribution is -2.27. The molecule has 0 saturated heterocycles. The van der Waals surface area contributed by atoms with E-state index in [9.17, 15) is 18.0 Å². The number of halogens is 3. The smallest absolute Gasteiger partial charge is 0.345 e. The monoisotopic (exact) mass is 406 g/mol. The predicted octanol–water partition coefficient (Wildman–Crippen LogP) is 3.38. The fourth-order valence-electron chi connectivity index (χ4n) is 2.96. The minimum atomic E-state index is -4.76. The van der Waals surface area contributed by atoms with E-state index in [0.717, 1.165) is 22.3 Å². The molecular formula is C19H21F3N6O. The van der Waals surface area contributed by atoms with E-state index in [4.69, 9.17) is 0 Å². The summed E-state index contributed by atoms with van der Waals surface area (Å²) in [4.78, 5) is 12.5. The number of hydrogen-bond donors (Lipinski definition) is 1. The highest BCUT2D eigenvalue weighted by Gasteiger charge is 2.40. The van der Waals surface area contributed by atoms with Crippen LogP contribution in [0.4, 0.5) is 13.2 Å². The molecule has 7 nitrogen and oxygen atoms in total. The molecule has 0 fully saturated rings. The summed E-state index contributed by atoms with van der Waals surface area (Å²) in [6.45, 7) is 5.67. The van der Waals surface area contributed by atoms with Gasteiger partial charge in [-0.25, -0.2) is 4.68 Å². The van der Waals surface area contributed by atoms with Crippen molar-refractivity contribution in [3.63, 3.8) is 0 Å². The van der Waals surface area contributed by atoms with Crippen molar-refractivity contribution in [1.82, 2.24) is 29.9 Å². The van der Waals surface area contributed by atoms with Gasteiger partial charge >= 0.3 is 6.18 Å². The van der Waals surface area contributed by atoms with E-state index < -0.39 is 23.3 Å². The molecule has 1 amide bonds. The molecule has 29 heavy (non-hydrogen) atoms. The van der Waals surface area contributed by atoms with Crippen molar-refractivity contribution in [3.05, 3.63) is 58.9 Å². The van der Waals surface area contributed by atoms with Gasteiger partial charge in [0.05, 0.1) is 24.0 Å². The summed E-state index contributed by atoms with van der Waals surface area (Å²) in [6.07, 6.45) is -3.84. The number of aromatic nitrogens is 5. The largest absolute Gasteiger partial charge is 0.434 e. The van der Waals surface area contributed by atoms with Crippen LogP contribution in [0, 0.1) is 6.92 Å². The standard InChI is InChI=1S/C19H21F3N6O/c1-11(2)17-26-25-15(27(17)4)10-23-18(29)14-9-24-28(16(14)19(20,21)22)13-7-5-12(3)6-8-13/h5-9,11H,10H2,1-4H3,(H,23,29). The lowest BCUT2D eigenvalue weighted by molar-refractivity contribution is -0.143. The zero-order chi connectivity index (χ0) is 21.3. The molecule has 0 unspecified atom stereocenters. The quantitative estimate of drug-likeness (QED) is 0.705. The van der Waals surface area contributed by atoms with Crippen molar-refractivity contribution in [3.8, 4) is 5.69 Å². The van der Waals surface area contributed by atoms with E-state index in [1.165, 1.54) is 12.1 Å². The fraction of sp³-hybridized carbons (Fsp3) is 0.368. The van der Waals surface area contributed by atoms with Gasteiger partial charge in [-0.15, -0.1) is 10.2 Å². The molecule has 0 aliphatic carbocycles. The Balaban J connectivity index is 1.88. The molecule has 0 bridgehead atoms. The van der Waals surface area contributed by atoms with Crippen LogP contribution in [-0.4, -0.2) is 30.5 Å². The van der Waals surface area contributed by atoms with Crippen LogP contribution < -0.4 is 5.32 Å².